The van der Waals surface area contributed by atoms with Crippen LogP contribution in [-0.2, 0) is 0 Å². The summed E-state index contributed by atoms with van der Waals surface area (Å²) in [6, 6.07) is 12.5. The summed E-state index contributed by atoms with van der Waals surface area (Å²) in [7, 11) is 0. The molecule has 22 heavy (non-hydrogen) atoms. The summed E-state index contributed by atoms with van der Waals surface area (Å²) in [5.41, 5.74) is 1.15. The van der Waals surface area contributed by atoms with E-state index in [0.29, 0.717) is 0 Å². The van der Waals surface area contributed by atoms with Crippen LogP contribution in [0.5, 0.6) is 5.75 Å². The van der Waals surface area contributed by atoms with Crippen LogP contribution in [0.15, 0.2) is 48.0 Å². The van der Waals surface area contributed by atoms with Gasteiger partial charge in [0.1, 0.15) is 10.8 Å². The summed E-state index contributed by atoms with van der Waals surface area (Å²) in [4.78, 5) is 7.05. The van der Waals surface area contributed by atoms with E-state index in [1.54, 1.807) is 22.7 Å². The molecule has 0 atom stereocenters. The van der Waals surface area contributed by atoms with E-state index >= 15 is 0 Å². The molecule has 0 bridgehead atoms. The molecule has 0 saturated carbocycles. The normalized spacial score (nSPS) is 10.8. The van der Waals surface area contributed by atoms with Crippen LogP contribution in [0.1, 0.15) is 26.2 Å². The van der Waals surface area contributed by atoms with Gasteiger partial charge in [-0.15, -0.1) is 22.7 Å². The average Bonchev–Trinajstić information content (AvgIpc) is 3.23. The van der Waals surface area contributed by atoms with Crippen molar-refractivity contribution in [2.45, 2.75) is 26.2 Å². The molecule has 0 unspecified atom stereocenters. The third-order valence-electron chi connectivity index (χ3n) is 3.39. The van der Waals surface area contributed by atoms with E-state index in [4.69, 9.17) is 4.74 Å². The molecule has 0 radical (unpaired) electrons. The molecule has 2 aromatic heterocycles. The summed E-state index contributed by atoms with van der Waals surface area (Å²) in [6.07, 6.45) is 5.53. The number of unbranched alkanes of at least 4 members (excludes halogenated alkanes) is 2. The third kappa shape index (κ3) is 3.76. The molecule has 114 valence electrons. The summed E-state index contributed by atoms with van der Waals surface area (Å²) >= 11 is 3.48. The van der Waals surface area contributed by atoms with E-state index < -0.39 is 0 Å². The Morgan fingerprint density at radius 3 is 2.64 bits per heavy atom. The second kappa shape index (κ2) is 7.56. The predicted molar refractivity (Wildman–Crippen MR) is 95.9 cm³/mol. The smallest absolute Gasteiger partial charge is 0.123 e. The highest BCUT2D eigenvalue weighted by Crippen LogP contribution is 2.34. The fourth-order valence-corrected chi connectivity index (χ4v) is 3.92. The molecular formula is C18H19NOS2. The number of hydrogen-bond donors (Lipinski definition) is 0. The topological polar surface area (TPSA) is 22.1 Å². The first-order valence-electron chi connectivity index (χ1n) is 7.60. The van der Waals surface area contributed by atoms with Crippen LogP contribution in [0.3, 0.4) is 0 Å². The monoisotopic (exact) mass is 329 g/mol. The Labute approximate surface area is 139 Å². The summed E-state index contributed by atoms with van der Waals surface area (Å²) in [5.74, 6) is 0.940. The Kier molecular flexibility index (Phi) is 5.24. The molecule has 0 aliphatic carbocycles. The van der Waals surface area contributed by atoms with E-state index in [2.05, 4.69) is 41.6 Å². The highest BCUT2D eigenvalue weighted by Gasteiger charge is 2.07. The standard InChI is InChI=1S/C18H19NOS2/c1-2-3-4-11-20-15-9-7-14(8-10-15)18-19-13-17(22-18)16-6-5-12-21-16/h5-10,12-13H,2-4,11H2,1H3. The van der Waals surface area contributed by atoms with Crippen molar-refractivity contribution in [2.75, 3.05) is 6.61 Å². The van der Waals surface area contributed by atoms with Crippen LogP contribution >= 0.6 is 22.7 Å². The molecule has 0 N–H and O–H groups in total. The molecule has 2 heterocycles. The second-order valence-corrected chi connectivity index (χ2v) is 7.07. The molecule has 2 nitrogen and oxygen atoms in total. The lowest BCUT2D eigenvalue weighted by atomic mass is 10.2. The quantitative estimate of drug-likeness (QED) is 0.488. The van der Waals surface area contributed by atoms with Crippen LogP contribution in [-0.4, -0.2) is 11.6 Å². The van der Waals surface area contributed by atoms with Gasteiger partial charge in [-0.05, 0) is 42.1 Å². The number of nitrogens with zero attached hydrogens (tertiary/aromatic N) is 1. The Bertz CT molecular complexity index is 686. The first kappa shape index (κ1) is 15.3. The van der Waals surface area contributed by atoms with Gasteiger partial charge in [0.25, 0.3) is 0 Å². The van der Waals surface area contributed by atoms with Gasteiger partial charge in [0, 0.05) is 16.6 Å². The number of thiophene rings is 1. The van der Waals surface area contributed by atoms with E-state index in [-0.39, 0.29) is 0 Å². The van der Waals surface area contributed by atoms with Crippen molar-refractivity contribution < 1.29 is 4.74 Å². The van der Waals surface area contributed by atoms with E-state index in [0.717, 1.165) is 29.3 Å². The maximum absolute atomic E-state index is 5.75. The van der Waals surface area contributed by atoms with Gasteiger partial charge in [0.15, 0.2) is 0 Å². The first-order chi connectivity index (χ1) is 10.9. The Hall–Kier alpha value is -1.65. The fourth-order valence-electron chi connectivity index (χ4n) is 2.18. The number of benzene rings is 1. The summed E-state index contributed by atoms with van der Waals surface area (Å²) in [6.45, 7) is 3.00. The number of ether oxygens (including phenoxy) is 1. The van der Waals surface area contributed by atoms with Crippen molar-refractivity contribution in [1.29, 1.82) is 0 Å². The number of thiazole rings is 1. The molecular weight excluding hydrogens is 310 g/mol. The molecule has 3 rings (SSSR count). The molecule has 0 spiro atoms. The van der Waals surface area contributed by atoms with E-state index in [1.165, 1.54) is 22.6 Å². The van der Waals surface area contributed by atoms with Crippen LogP contribution in [0.4, 0.5) is 0 Å². The van der Waals surface area contributed by atoms with Crippen LogP contribution < -0.4 is 4.74 Å². The highest BCUT2D eigenvalue weighted by molar-refractivity contribution is 7.22. The second-order valence-electron chi connectivity index (χ2n) is 5.09. The number of aromatic nitrogens is 1. The van der Waals surface area contributed by atoms with E-state index in [9.17, 15) is 0 Å². The van der Waals surface area contributed by atoms with E-state index in [1.807, 2.05) is 18.3 Å². The first-order valence-corrected chi connectivity index (χ1v) is 9.29. The highest BCUT2D eigenvalue weighted by atomic mass is 32.1. The van der Waals surface area contributed by atoms with Gasteiger partial charge in [-0.1, -0.05) is 25.8 Å². The minimum absolute atomic E-state index is 0.799. The van der Waals surface area contributed by atoms with Crippen molar-refractivity contribution in [3.8, 4) is 26.1 Å². The lowest BCUT2D eigenvalue weighted by molar-refractivity contribution is 0.306. The third-order valence-corrected chi connectivity index (χ3v) is 5.50. The van der Waals surface area contributed by atoms with Crippen molar-refractivity contribution >= 4 is 22.7 Å². The lowest BCUT2D eigenvalue weighted by Gasteiger charge is -2.05. The largest absolute Gasteiger partial charge is 0.494 e. The molecule has 0 saturated heterocycles. The molecule has 1 aromatic carbocycles. The van der Waals surface area contributed by atoms with Crippen LogP contribution in [0.2, 0.25) is 0 Å². The minimum atomic E-state index is 0.799. The minimum Gasteiger partial charge on any atom is -0.494 e. The van der Waals surface area contributed by atoms with Crippen molar-refractivity contribution in [1.82, 2.24) is 4.98 Å². The van der Waals surface area contributed by atoms with Gasteiger partial charge in [-0.2, -0.15) is 0 Å². The molecule has 0 fully saturated rings. The molecule has 0 aliphatic rings. The molecule has 3 aromatic rings. The lowest BCUT2D eigenvalue weighted by Crippen LogP contribution is -1.96. The SMILES string of the molecule is CCCCCOc1ccc(-c2ncc(-c3cccs3)s2)cc1. The fraction of sp³-hybridized carbons (Fsp3) is 0.278. The number of hydrogen-bond acceptors (Lipinski definition) is 4. The van der Waals surface area contributed by atoms with Gasteiger partial charge in [0.05, 0.1) is 11.5 Å². The van der Waals surface area contributed by atoms with Crippen molar-refractivity contribution in [3.05, 3.63) is 48.0 Å². The Morgan fingerprint density at radius 2 is 1.91 bits per heavy atom. The predicted octanol–water partition coefficient (Wildman–Crippen LogP) is 6.11. The zero-order valence-electron chi connectivity index (χ0n) is 12.6. The van der Waals surface area contributed by atoms with Gasteiger partial charge in [0.2, 0.25) is 0 Å². The van der Waals surface area contributed by atoms with Gasteiger partial charge in [-0.3, -0.25) is 0 Å². The zero-order chi connectivity index (χ0) is 15.2. The molecule has 4 heteroatoms. The Morgan fingerprint density at radius 1 is 1.05 bits per heavy atom. The van der Waals surface area contributed by atoms with Crippen LogP contribution in [0.25, 0.3) is 20.3 Å². The van der Waals surface area contributed by atoms with Gasteiger partial charge in [-0.25, -0.2) is 4.98 Å². The molecule has 0 amide bonds. The summed E-state index contributed by atoms with van der Waals surface area (Å²) in [5, 5.41) is 3.15. The van der Waals surface area contributed by atoms with Crippen molar-refractivity contribution in [3.63, 3.8) is 0 Å². The zero-order valence-corrected chi connectivity index (χ0v) is 14.3. The average molecular weight is 329 g/mol. The van der Waals surface area contributed by atoms with Crippen LogP contribution in [0, 0.1) is 0 Å². The molecule has 0 aliphatic heterocycles. The van der Waals surface area contributed by atoms with Gasteiger partial charge < -0.3 is 4.74 Å². The van der Waals surface area contributed by atoms with Gasteiger partial charge >= 0.3 is 0 Å². The maximum atomic E-state index is 5.75. The summed E-state index contributed by atoms with van der Waals surface area (Å²) < 4.78 is 5.75. The van der Waals surface area contributed by atoms with Crippen molar-refractivity contribution in [2.24, 2.45) is 0 Å². The Balaban J connectivity index is 1.65. The number of rotatable bonds is 7. The maximum Gasteiger partial charge on any atom is 0.123 e.